The lowest BCUT2D eigenvalue weighted by Gasteiger charge is -2.20. The zero-order valence-electron chi connectivity index (χ0n) is 15.6. The number of Topliss-reactive ketones (excluding diaryl/α,β-unsaturated/α-hetero) is 1. The highest BCUT2D eigenvalue weighted by Gasteiger charge is 2.30. The molecule has 29 heavy (non-hydrogen) atoms. The number of hydrogen-bond acceptors (Lipinski definition) is 2. The van der Waals surface area contributed by atoms with E-state index in [4.69, 9.17) is 0 Å². The molecular weight excluding hydrogens is 382 g/mol. The molecule has 1 atom stereocenters. The Morgan fingerprint density at radius 2 is 1.62 bits per heavy atom. The van der Waals surface area contributed by atoms with Crippen molar-refractivity contribution in [3.8, 4) is 0 Å². The lowest BCUT2D eigenvalue weighted by molar-refractivity contribution is -0.137. The van der Waals surface area contributed by atoms with E-state index in [1.807, 2.05) is 19.1 Å². The van der Waals surface area contributed by atoms with Crippen LogP contribution in [0.15, 0.2) is 72.8 Å². The van der Waals surface area contributed by atoms with Gasteiger partial charge in [-0.3, -0.25) is 4.79 Å². The third kappa shape index (κ3) is 5.44. The molecule has 150 valence electrons. The Morgan fingerprint density at radius 3 is 2.21 bits per heavy atom. The molecule has 0 radical (unpaired) electrons. The van der Waals surface area contributed by atoms with E-state index in [2.05, 4.69) is 5.32 Å². The molecule has 0 aromatic heterocycles. The van der Waals surface area contributed by atoms with Crippen LogP contribution in [0.4, 0.5) is 23.2 Å². The molecule has 0 aliphatic carbocycles. The maximum Gasteiger partial charge on any atom is 0.416 e. The van der Waals surface area contributed by atoms with Crippen molar-refractivity contribution >= 4 is 11.5 Å². The lowest BCUT2D eigenvalue weighted by Crippen LogP contribution is -2.16. The summed E-state index contributed by atoms with van der Waals surface area (Å²) in [5.74, 6) is -0.608. The van der Waals surface area contributed by atoms with E-state index in [0.29, 0.717) is 16.8 Å². The van der Waals surface area contributed by atoms with Gasteiger partial charge in [-0.05, 0) is 48.9 Å². The Kier molecular flexibility index (Phi) is 6.01. The Morgan fingerprint density at radius 1 is 0.966 bits per heavy atom. The number of halogens is 4. The van der Waals surface area contributed by atoms with Crippen LogP contribution < -0.4 is 5.32 Å². The van der Waals surface area contributed by atoms with E-state index < -0.39 is 23.6 Å². The van der Waals surface area contributed by atoms with Crippen LogP contribution >= 0.6 is 0 Å². The van der Waals surface area contributed by atoms with Gasteiger partial charge in [0, 0.05) is 17.7 Å². The van der Waals surface area contributed by atoms with Gasteiger partial charge in [0.2, 0.25) is 0 Å². The number of carbonyl (C=O) groups excluding carboxylic acids is 1. The minimum absolute atomic E-state index is 0.0214. The van der Waals surface area contributed by atoms with Crippen molar-refractivity contribution in [1.29, 1.82) is 0 Å². The number of hydrogen-bond donors (Lipinski definition) is 1. The molecule has 0 saturated heterocycles. The van der Waals surface area contributed by atoms with Gasteiger partial charge in [0.15, 0.2) is 5.78 Å². The van der Waals surface area contributed by atoms with E-state index >= 15 is 0 Å². The van der Waals surface area contributed by atoms with Crippen molar-refractivity contribution < 1.29 is 22.4 Å². The summed E-state index contributed by atoms with van der Waals surface area (Å²) in [7, 11) is 0. The highest BCUT2D eigenvalue weighted by atomic mass is 19.4. The van der Waals surface area contributed by atoms with Gasteiger partial charge in [0.05, 0.1) is 11.6 Å². The summed E-state index contributed by atoms with van der Waals surface area (Å²) >= 11 is 0. The number of alkyl halides is 3. The molecule has 3 aromatic rings. The molecule has 3 aromatic carbocycles. The first-order chi connectivity index (χ1) is 13.7. The largest absolute Gasteiger partial charge is 0.416 e. The zero-order chi connectivity index (χ0) is 21.0. The molecule has 0 saturated carbocycles. The summed E-state index contributed by atoms with van der Waals surface area (Å²) in [6.45, 7) is 1.91. The second kappa shape index (κ2) is 8.47. The summed E-state index contributed by atoms with van der Waals surface area (Å²) in [5.41, 5.74) is 1.72. The molecule has 1 unspecified atom stereocenters. The van der Waals surface area contributed by atoms with Crippen molar-refractivity contribution in [2.24, 2.45) is 0 Å². The normalized spacial score (nSPS) is 12.4. The van der Waals surface area contributed by atoms with E-state index in [-0.39, 0.29) is 12.2 Å². The SMILES string of the molecule is Cc1ccc(C(=O)CC(Nc2ccc(C(F)(F)F)cc2)c2cccc(F)c2)cc1. The van der Waals surface area contributed by atoms with Gasteiger partial charge in [-0.2, -0.15) is 13.2 Å². The molecule has 0 aliphatic rings. The van der Waals surface area contributed by atoms with Crippen LogP contribution in [0.25, 0.3) is 0 Å². The van der Waals surface area contributed by atoms with Crippen LogP contribution in [0, 0.1) is 12.7 Å². The smallest absolute Gasteiger partial charge is 0.378 e. The Labute approximate surface area is 166 Å². The Hall–Kier alpha value is -3.15. The van der Waals surface area contributed by atoms with Crippen LogP contribution in [-0.4, -0.2) is 5.78 Å². The lowest BCUT2D eigenvalue weighted by atomic mass is 9.97. The maximum absolute atomic E-state index is 13.7. The molecule has 3 rings (SSSR count). The molecule has 1 N–H and O–H groups in total. The van der Waals surface area contributed by atoms with E-state index in [9.17, 15) is 22.4 Å². The van der Waals surface area contributed by atoms with E-state index in [1.165, 1.54) is 30.3 Å². The van der Waals surface area contributed by atoms with Crippen LogP contribution in [-0.2, 0) is 6.18 Å². The topological polar surface area (TPSA) is 29.1 Å². The van der Waals surface area contributed by atoms with Gasteiger partial charge in [-0.1, -0.05) is 42.0 Å². The number of anilines is 1. The average Bonchev–Trinajstić information content (AvgIpc) is 2.67. The molecule has 0 bridgehead atoms. The first-order valence-electron chi connectivity index (χ1n) is 9.01. The second-order valence-electron chi connectivity index (χ2n) is 6.82. The van der Waals surface area contributed by atoms with Crippen LogP contribution in [0.1, 0.15) is 39.5 Å². The monoisotopic (exact) mass is 401 g/mol. The summed E-state index contributed by atoms with van der Waals surface area (Å²) in [6, 6.07) is 16.8. The molecule has 0 aliphatic heterocycles. The molecule has 0 amide bonds. The van der Waals surface area contributed by atoms with Gasteiger partial charge in [-0.15, -0.1) is 0 Å². The van der Waals surface area contributed by atoms with Gasteiger partial charge in [0.1, 0.15) is 5.82 Å². The fourth-order valence-corrected chi connectivity index (χ4v) is 2.97. The predicted molar refractivity (Wildman–Crippen MR) is 104 cm³/mol. The van der Waals surface area contributed by atoms with Crippen molar-refractivity contribution in [2.75, 3.05) is 5.32 Å². The minimum Gasteiger partial charge on any atom is -0.378 e. The molecular formula is C23H19F4NO. The summed E-state index contributed by atoms with van der Waals surface area (Å²) in [4.78, 5) is 12.7. The fourth-order valence-electron chi connectivity index (χ4n) is 2.97. The van der Waals surface area contributed by atoms with Crippen molar-refractivity contribution in [3.05, 3.63) is 101 Å². The maximum atomic E-state index is 13.7. The number of carbonyl (C=O) groups is 1. The summed E-state index contributed by atoms with van der Waals surface area (Å²) < 4.78 is 52.0. The van der Waals surface area contributed by atoms with E-state index in [1.54, 1.807) is 18.2 Å². The highest BCUT2D eigenvalue weighted by Crippen LogP contribution is 2.31. The number of ketones is 1. The fraction of sp³-hybridized carbons (Fsp3) is 0.174. The number of rotatable bonds is 6. The number of benzene rings is 3. The predicted octanol–water partition coefficient (Wildman–Crippen LogP) is 6.58. The zero-order valence-corrected chi connectivity index (χ0v) is 15.6. The van der Waals surface area contributed by atoms with Crippen molar-refractivity contribution in [3.63, 3.8) is 0 Å². The Bertz CT molecular complexity index is 979. The molecule has 0 heterocycles. The molecule has 2 nitrogen and oxygen atoms in total. The minimum atomic E-state index is -4.43. The van der Waals surface area contributed by atoms with Crippen molar-refractivity contribution in [1.82, 2.24) is 0 Å². The van der Waals surface area contributed by atoms with Gasteiger partial charge < -0.3 is 5.32 Å². The van der Waals surface area contributed by atoms with Crippen LogP contribution in [0.5, 0.6) is 0 Å². The first kappa shape index (κ1) is 20.6. The third-order valence-corrected chi connectivity index (χ3v) is 4.57. The second-order valence-corrected chi connectivity index (χ2v) is 6.82. The molecule has 0 fully saturated rings. The average molecular weight is 401 g/mol. The standard InChI is InChI=1S/C23H19F4NO/c1-15-5-7-16(8-6-15)22(29)14-21(17-3-2-4-19(24)13-17)28-20-11-9-18(10-12-20)23(25,26)27/h2-13,21,28H,14H2,1H3. The highest BCUT2D eigenvalue weighted by molar-refractivity contribution is 5.96. The van der Waals surface area contributed by atoms with Gasteiger partial charge in [0.25, 0.3) is 0 Å². The summed E-state index contributed by atoms with van der Waals surface area (Å²) in [6.07, 6.45) is -4.41. The first-order valence-corrected chi connectivity index (χ1v) is 9.01. The third-order valence-electron chi connectivity index (χ3n) is 4.57. The van der Waals surface area contributed by atoms with Crippen LogP contribution in [0.2, 0.25) is 0 Å². The number of nitrogens with one attached hydrogen (secondary N) is 1. The van der Waals surface area contributed by atoms with Crippen LogP contribution in [0.3, 0.4) is 0 Å². The van der Waals surface area contributed by atoms with E-state index in [0.717, 1.165) is 17.7 Å². The molecule has 6 heteroatoms. The quantitative estimate of drug-likeness (QED) is 0.373. The molecule has 0 spiro atoms. The Balaban J connectivity index is 1.85. The summed E-state index contributed by atoms with van der Waals surface area (Å²) in [5, 5.41) is 3.06. The van der Waals surface area contributed by atoms with Crippen molar-refractivity contribution in [2.45, 2.75) is 25.6 Å². The van der Waals surface area contributed by atoms with Gasteiger partial charge in [-0.25, -0.2) is 4.39 Å². The number of aryl methyl sites for hydroxylation is 1. The van der Waals surface area contributed by atoms with Gasteiger partial charge >= 0.3 is 6.18 Å².